The van der Waals surface area contributed by atoms with Gasteiger partial charge in [0.15, 0.2) is 0 Å². The van der Waals surface area contributed by atoms with Crippen molar-refractivity contribution in [2.24, 2.45) is 0 Å². The van der Waals surface area contributed by atoms with Crippen molar-refractivity contribution < 1.29 is 4.92 Å². The molecule has 0 fully saturated rings. The van der Waals surface area contributed by atoms with Gasteiger partial charge in [-0.1, -0.05) is 0 Å². The molecule has 0 aromatic heterocycles. The van der Waals surface area contributed by atoms with Crippen LogP contribution in [0.5, 0.6) is 0 Å². The van der Waals surface area contributed by atoms with Crippen molar-refractivity contribution in [1.82, 2.24) is 4.90 Å². The molecular weight excluding hydrogens is 204 g/mol. The Morgan fingerprint density at radius 2 is 1.88 bits per heavy atom. The average Bonchev–Trinajstić information content (AvgIpc) is 2.18. The lowest BCUT2D eigenvalue weighted by Gasteiger charge is -2.06. The van der Waals surface area contributed by atoms with Crippen molar-refractivity contribution in [3.8, 4) is 0 Å². The third-order valence-corrected chi connectivity index (χ3v) is 2.33. The summed E-state index contributed by atoms with van der Waals surface area (Å²) in [6, 6.07) is 3.46. The highest BCUT2D eigenvalue weighted by Gasteiger charge is 2.11. The molecule has 1 aromatic carbocycles. The number of nitro groups is 1. The van der Waals surface area contributed by atoms with E-state index in [1.807, 2.05) is 44.3 Å². The Morgan fingerprint density at radius 1 is 1.25 bits per heavy atom. The lowest BCUT2D eigenvalue weighted by atomic mass is 10.0. The minimum absolute atomic E-state index is 0.180. The van der Waals surface area contributed by atoms with Gasteiger partial charge in [-0.05, 0) is 43.3 Å². The van der Waals surface area contributed by atoms with E-state index in [1.165, 1.54) is 0 Å². The number of hydrogen-bond acceptors (Lipinski definition) is 3. The molecular formula is C12H16N2O2. The number of nitro benzene ring substituents is 1. The van der Waals surface area contributed by atoms with Crippen molar-refractivity contribution in [3.63, 3.8) is 0 Å². The van der Waals surface area contributed by atoms with Crippen LogP contribution in [0, 0.1) is 24.0 Å². The van der Waals surface area contributed by atoms with Gasteiger partial charge in [-0.25, -0.2) is 0 Å². The van der Waals surface area contributed by atoms with Gasteiger partial charge in [-0.3, -0.25) is 10.1 Å². The van der Waals surface area contributed by atoms with Crippen molar-refractivity contribution in [2.45, 2.75) is 13.8 Å². The van der Waals surface area contributed by atoms with Crippen LogP contribution in [-0.4, -0.2) is 23.9 Å². The first-order valence-corrected chi connectivity index (χ1v) is 5.02. The fraction of sp³-hybridized carbons (Fsp3) is 0.333. The van der Waals surface area contributed by atoms with Crippen LogP contribution < -0.4 is 0 Å². The van der Waals surface area contributed by atoms with E-state index >= 15 is 0 Å². The molecule has 0 aliphatic carbocycles. The second kappa shape index (κ2) is 4.79. The first-order valence-electron chi connectivity index (χ1n) is 5.02. The Balaban J connectivity index is 3.15. The van der Waals surface area contributed by atoms with E-state index in [-0.39, 0.29) is 10.6 Å². The van der Waals surface area contributed by atoms with Gasteiger partial charge in [0.2, 0.25) is 0 Å². The quantitative estimate of drug-likeness (QED) is 0.581. The maximum absolute atomic E-state index is 10.7. The van der Waals surface area contributed by atoms with E-state index in [1.54, 1.807) is 13.0 Å². The van der Waals surface area contributed by atoms with Crippen LogP contribution in [0.3, 0.4) is 0 Å². The van der Waals surface area contributed by atoms with Crippen LogP contribution in [0.25, 0.3) is 6.08 Å². The van der Waals surface area contributed by atoms with Crippen molar-refractivity contribution in [2.75, 3.05) is 14.1 Å². The van der Waals surface area contributed by atoms with E-state index < -0.39 is 0 Å². The van der Waals surface area contributed by atoms with E-state index in [4.69, 9.17) is 0 Å². The summed E-state index contributed by atoms with van der Waals surface area (Å²) in [6.07, 6.45) is 3.87. The molecule has 0 aliphatic heterocycles. The molecule has 16 heavy (non-hydrogen) atoms. The van der Waals surface area contributed by atoms with Crippen LogP contribution in [0.2, 0.25) is 0 Å². The third kappa shape index (κ3) is 2.82. The van der Waals surface area contributed by atoms with Gasteiger partial charge >= 0.3 is 0 Å². The van der Waals surface area contributed by atoms with Crippen molar-refractivity contribution >= 4 is 11.8 Å². The van der Waals surface area contributed by atoms with E-state index in [9.17, 15) is 10.1 Å². The summed E-state index contributed by atoms with van der Waals surface area (Å²) in [6.45, 7) is 3.63. The fourth-order valence-electron chi connectivity index (χ4n) is 1.43. The van der Waals surface area contributed by atoms with Crippen LogP contribution >= 0.6 is 0 Å². The maximum atomic E-state index is 10.7. The second-order valence-corrected chi connectivity index (χ2v) is 4.03. The predicted molar refractivity (Wildman–Crippen MR) is 65.3 cm³/mol. The molecule has 0 aliphatic rings. The molecule has 0 saturated carbocycles. The minimum atomic E-state index is -0.345. The molecule has 1 aromatic rings. The van der Waals surface area contributed by atoms with Crippen molar-refractivity contribution in [1.29, 1.82) is 0 Å². The van der Waals surface area contributed by atoms with Gasteiger partial charge in [0.05, 0.1) is 4.92 Å². The Morgan fingerprint density at radius 3 is 2.38 bits per heavy atom. The normalized spacial score (nSPS) is 10.8. The fourth-order valence-corrected chi connectivity index (χ4v) is 1.43. The summed E-state index contributed by atoms with van der Waals surface area (Å²) in [7, 11) is 3.87. The van der Waals surface area contributed by atoms with Crippen LogP contribution in [0.4, 0.5) is 5.69 Å². The summed E-state index contributed by atoms with van der Waals surface area (Å²) in [4.78, 5) is 12.3. The summed E-state index contributed by atoms with van der Waals surface area (Å²) < 4.78 is 0. The first kappa shape index (κ1) is 12.2. The second-order valence-electron chi connectivity index (χ2n) is 4.03. The SMILES string of the molecule is Cc1cc([N+](=O)[O-])c(C)cc1/C=C/N(C)C. The average molecular weight is 220 g/mol. The molecule has 0 amide bonds. The number of hydrogen-bond donors (Lipinski definition) is 0. The largest absolute Gasteiger partial charge is 0.383 e. The van der Waals surface area contributed by atoms with Crippen molar-refractivity contribution in [3.05, 3.63) is 45.1 Å². The number of rotatable bonds is 3. The zero-order valence-corrected chi connectivity index (χ0v) is 10.0. The molecule has 0 atom stereocenters. The Kier molecular flexibility index (Phi) is 3.66. The van der Waals surface area contributed by atoms with E-state index in [2.05, 4.69) is 0 Å². The number of benzene rings is 1. The number of aryl methyl sites for hydroxylation is 2. The monoisotopic (exact) mass is 220 g/mol. The molecule has 0 unspecified atom stereocenters. The molecule has 0 spiro atoms. The van der Waals surface area contributed by atoms with Crippen LogP contribution in [0.15, 0.2) is 18.3 Å². The third-order valence-electron chi connectivity index (χ3n) is 2.33. The van der Waals surface area contributed by atoms with Gasteiger partial charge in [0, 0.05) is 25.7 Å². The van der Waals surface area contributed by atoms with Gasteiger partial charge in [0.25, 0.3) is 5.69 Å². The highest BCUT2D eigenvalue weighted by atomic mass is 16.6. The highest BCUT2D eigenvalue weighted by Crippen LogP contribution is 2.23. The minimum Gasteiger partial charge on any atom is -0.383 e. The Hall–Kier alpha value is -1.84. The standard InChI is InChI=1S/C12H16N2O2/c1-9-8-12(14(15)16)10(2)7-11(9)5-6-13(3)4/h5-8H,1-4H3/b6-5+. The van der Waals surface area contributed by atoms with E-state index in [0.29, 0.717) is 5.56 Å². The number of nitrogens with zero attached hydrogens (tertiary/aromatic N) is 2. The molecule has 86 valence electrons. The predicted octanol–water partition coefficient (Wildman–Crippen LogP) is 2.74. The summed E-state index contributed by atoms with van der Waals surface area (Å²) in [5, 5.41) is 10.7. The molecule has 4 nitrogen and oxygen atoms in total. The molecule has 1 rings (SSSR count). The zero-order valence-electron chi connectivity index (χ0n) is 10.0. The summed E-state index contributed by atoms with van der Waals surface area (Å²) in [5.74, 6) is 0. The highest BCUT2D eigenvalue weighted by molar-refractivity contribution is 5.59. The van der Waals surface area contributed by atoms with Gasteiger partial charge in [-0.2, -0.15) is 0 Å². The van der Waals surface area contributed by atoms with Gasteiger partial charge in [0.1, 0.15) is 0 Å². The van der Waals surface area contributed by atoms with E-state index in [0.717, 1.165) is 11.1 Å². The Labute approximate surface area is 95.3 Å². The van der Waals surface area contributed by atoms with Gasteiger partial charge < -0.3 is 4.90 Å². The lowest BCUT2D eigenvalue weighted by molar-refractivity contribution is -0.385. The smallest absolute Gasteiger partial charge is 0.272 e. The Bertz CT molecular complexity index is 437. The zero-order chi connectivity index (χ0) is 12.3. The molecule has 4 heteroatoms. The molecule has 0 radical (unpaired) electrons. The lowest BCUT2D eigenvalue weighted by Crippen LogP contribution is -2.00. The molecule has 0 heterocycles. The maximum Gasteiger partial charge on any atom is 0.272 e. The molecule has 0 N–H and O–H groups in total. The van der Waals surface area contributed by atoms with Crippen LogP contribution in [-0.2, 0) is 0 Å². The summed E-state index contributed by atoms with van der Waals surface area (Å²) in [5.41, 5.74) is 2.79. The first-order chi connectivity index (χ1) is 7.41. The van der Waals surface area contributed by atoms with Gasteiger partial charge in [-0.15, -0.1) is 0 Å². The molecule has 0 saturated heterocycles. The van der Waals surface area contributed by atoms with Crippen LogP contribution in [0.1, 0.15) is 16.7 Å². The molecule has 0 bridgehead atoms. The topological polar surface area (TPSA) is 46.4 Å². The summed E-state index contributed by atoms with van der Waals surface area (Å²) >= 11 is 0.